The molecule has 5 nitrogen and oxygen atoms in total. The number of aryl methyl sites for hydroxylation is 3. The highest BCUT2D eigenvalue weighted by atomic mass is 16.5. The van der Waals surface area contributed by atoms with Crippen molar-refractivity contribution in [2.24, 2.45) is 10.9 Å². The predicted octanol–water partition coefficient (Wildman–Crippen LogP) is 2.80. The molecule has 2 rings (SSSR count). The summed E-state index contributed by atoms with van der Waals surface area (Å²) in [5, 5.41) is 11.8. The Morgan fingerprint density at radius 2 is 1.86 bits per heavy atom. The summed E-state index contributed by atoms with van der Waals surface area (Å²) in [6.07, 6.45) is 5.50. The predicted molar refractivity (Wildman–Crippen MR) is 86.5 cm³/mol. The van der Waals surface area contributed by atoms with Crippen molar-refractivity contribution in [1.82, 2.24) is 4.98 Å². The third kappa shape index (κ3) is 3.97. The minimum atomic E-state index is 0.107. The second-order valence-corrected chi connectivity index (χ2v) is 5.23. The quantitative estimate of drug-likeness (QED) is 0.282. The van der Waals surface area contributed by atoms with Gasteiger partial charge < -0.3 is 15.7 Å². The number of oxime groups is 1. The Morgan fingerprint density at radius 1 is 1.23 bits per heavy atom. The van der Waals surface area contributed by atoms with E-state index >= 15 is 0 Å². The maximum absolute atomic E-state index is 8.75. The summed E-state index contributed by atoms with van der Waals surface area (Å²) in [6.45, 7) is 4.56. The van der Waals surface area contributed by atoms with Gasteiger partial charge in [-0.05, 0) is 67.6 Å². The Hall–Kier alpha value is -2.56. The minimum absolute atomic E-state index is 0.107. The van der Waals surface area contributed by atoms with E-state index in [1.807, 2.05) is 38.1 Å². The molecule has 116 valence electrons. The van der Waals surface area contributed by atoms with E-state index in [1.165, 1.54) is 5.56 Å². The van der Waals surface area contributed by atoms with Crippen molar-refractivity contribution < 1.29 is 9.94 Å². The fourth-order valence-corrected chi connectivity index (χ4v) is 2.38. The summed E-state index contributed by atoms with van der Waals surface area (Å²) in [4.78, 5) is 4.00. The van der Waals surface area contributed by atoms with E-state index in [2.05, 4.69) is 10.1 Å². The van der Waals surface area contributed by atoms with Crippen LogP contribution in [0.4, 0.5) is 0 Å². The van der Waals surface area contributed by atoms with Crippen LogP contribution in [0.15, 0.2) is 41.8 Å². The van der Waals surface area contributed by atoms with Gasteiger partial charge in [-0.15, -0.1) is 0 Å². The van der Waals surface area contributed by atoms with Gasteiger partial charge in [0.2, 0.25) is 0 Å². The van der Waals surface area contributed by atoms with Crippen LogP contribution in [0, 0.1) is 13.8 Å². The minimum Gasteiger partial charge on any atom is -0.493 e. The second-order valence-electron chi connectivity index (χ2n) is 5.23. The topological polar surface area (TPSA) is 80.7 Å². The lowest BCUT2D eigenvalue weighted by Gasteiger charge is -2.13. The highest BCUT2D eigenvalue weighted by molar-refractivity contribution is 5.97. The molecule has 0 aliphatic carbocycles. The summed E-state index contributed by atoms with van der Waals surface area (Å²) >= 11 is 0. The van der Waals surface area contributed by atoms with Crippen LogP contribution in [0.3, 0.4) is 0 Å². The van der Waals surface area contributed by atoms with Gasteiger partial charge in [0.25, 0.3) is 0 Å². The second kappa shape index (κ2) is 7.45. The Bertz CT molecular complexity index is 631. The third-order valence-electron chi connectivity index (χ3n) is 3.47. The summed E-state index contributed by atoms with van der Waals surface area (Å²) in [5.41, 5.74) is 9.53. The molecule has 0 aliphatic heterocycles. The molecule has 1 aromatic carbocycles. The fourth-order valence-electron chi connectivity index (χ4n) is 2.38. The molecule has 22 heavy (non-hydrogen) atoms. The largest absolute Gasteiger partial charge is 0.493 e. The molecule has 1 heterocycles. The molecule has 0 unspecified atom stereocenters. The molecule has 0 saturated heterocycles. The van der Waals surface area contributed by atoms with E-state index in [9.17, 15) is 0 Å². The molecular formula is C17H21N3O2. The molecule has 0 radical (unpaired) electrons. The summed E-state index contributed by atoms with van der Waals surface area (Å²) < 4.78 is 5.90. The van der Waals surface area contributed by atoms with E-state index in [-0.39, 0.29) is 5.84 Å². The van der Waals surface area contributed by atoms with Gasteiger partial charge in [-0.2, -0.15) is 0 Å². The molecule has 0 aliphatic rings. The monoisotopic (exact) mass is 299 g/mol. The van der Waals surface area contributed by atoms with Crippen molar-refractivity contribution in [3.05, 3.63) is 58.9 Å². The van der Waals surface area contributed by atoms with Gasteiger partial charge in [0, 0.05) is 18.0 Å². The molecule has 0 fully saturated rings. The smallest absolute Gasteiger partial charge is 0.170 e. The maximum Gasteiger partial charge on any atom is 0.170 e. The van der Waals surface area contributed by atoms with Gasteiger partial charge in [0.15, 0.2) is 5.84 Å². The lowest BCUT2D eigenvalue weighted by Crippen LogP contribution is -2.14. The average molecular weight is 299 g/mol. The lowest BCUT2D eigenvalue weighted by atomic mass is 10.0. The molecule has 1 aromatic heterocycles. The number of hydrogen-bond donors (Lipinski definition) is 2. The van der Waals surface area contributed by atoms with Crippen molar-refractivity contribution in [1.29, 1.82) is 0 Å². The number of aromatic nitrogens is 1. The molecule has 0 bridgehead atoms. The molecule has 2 aromatic rings. The summed E-state index contributed by atoms with van der Waals surface area (Å²) in [6, 6.07) is 7.76. The van der Waals surface area contributed by atoms with E-state index in [0.717, 1.165) is 29.7 Å². The molecule has 5 heteroatoms. The number of rotatable bonds is 6. The van der Waals surface area contributed by atoms with Gasteiger partial charge in [0.1, 0.15) is 5.75 Å². The van der Waals surface area contributed by atoms with E-state index in [1.54, 1.807) is 12.4 Å². The zero-order valence-electron chi connectivity index (χ0n) is 12.9. The fraction of sp³-hybridized carbons (Fsp3) is 0.294. The van der Waals surface area contributed by atoms with Crippen molar-refractivity contribution >= 4 is 5.84 Å². The van der Waals surface area contributed by atoms with Gasteiger partial charge in [0.05, 0.1) is 6.61 Å². The van der Waals surface area contributed by atoms with Gasteiger partial charge in [-0.25, -0.2) is 0 Å². The number of pyridine rings is 1. The lowest BCUT2D eigenvalue weighted by molar-refractivity contribution is 0.307. The average Bonchev–Trinajstić information content (AvgIpc) is 2.53. The number of benzene rings is 1. The van der Waals surface area contributed by atoms with Crippen LogP contribution >= 0.6 is 0 Å². The van der Waals surface area contributed by atoms with Crippen LogP contribution in [-0.2, 0) is 6.42 Å². The molecule has 3 N–H and O–H groups in total. The van der Waals surface area contributed by atoms with E-state index in [4.69, 9.17) is 15.7 Å². The SMILES string of the molecule is Cc1cc(C(N)=NO)cc(C)c1OCCCc1ccncc1. The van der Waals surface area contributed by atoms with Crippen molar-refractivity contribution in [3.8, 4) is 5.75 Å². The Kier molecular flexibility index (Phi) is 5.36. The van der Waals surface area contributed by atoms with Crippen LogP contribution in [-0.4, -0.2) is 22.6 Å². The number of nitrogens with two attached hydrogens (primary N) is 1. The Labute approximate surface area is 130 Å². The van der Waals surface area contributed by atoms with Crippen molar-refractivity contribution in [2.75, 3.05) is 6.61 Å². The number of nitrogens with zero attached hydrogens (tertiary/aromatic N) is 2. The van der Waals surface area contributed by atoms with Gasteiger partial charge in [-0.1, -0.05) is 5.16 Å². The van der Waals surface area contributed by atoms with Gasteiger partial charge >= 0.3 is 0 Å². The molecular weight excluding hydrogens is 278 g/mol. The molecule has 0 amide bonds. The Morgan fingerprint density at radius 3 is 2.45 bits per heavy atom. The standard InChI is InChI=1S/C17H21N3O2/c1-12-10-15(17(18)20-21)11-13(2)16(12)22-9-3-4-14-5-7-19-8-6-14/h5-8,10-11,21H,3-4,9H2,1-2H3,(H2,18,20). The third-order valence-corrected chi connectivity index (χ3v) is 3.47. The molecule has 0 atom stereocenters. The first-order valence-electron chi connectivity index (χ1n) is 7.22. The first-order chi connectivity index (χ1) is 10.6. The summed E-state index contributed by atoms with van der Waals surface area (Å²) in [7, 11) is 0. The van der Waals surface area contributed by atoms with Crippen LogP contribution in [0.2, 0.25) is 0 Å². The maximum atomic E-state index is 8.75. The molecule has 0 saturated carbocycles. The van der Waals surface area contributed by atoms with Crippen LogP contribution in [0.1, 0.15) is 28.7 Å². The normalized spacial score (nSPS) is 11.5. The molecule has 0 spiro atoms. The zero-order valence-corrected chi connectivity index (χ0v) is 12.9. The van der Waals surface area contributed by atoms with Crippen LogP contribution in [0.5, 0.6) is 5.75 Å². The highest BCUT2D eigenvalue weighted by Gasteiger charge is 2.09. The van der Waals surface area contributed by atoms with E-state index < -0.39 is 0 Å². The number of amidine groups is 1. The Balaban J connectivity index is 1.95. The first kappa shape index (κ1) is 15.8. The highest BCUT2D eigenvalue weighted by Crippen LogP contribution is 2.25. The van der Waals surface area contributed by atoms with Crippen molar-refractivity contribution in [3.63, 3.8) is 0 Å². The van der Waals surface area contributed by atoms with Crippen molar-refractivity contribution in [2.45, 2.75) is 26.7 Å². The summed E-state index contributed by atoms with van der Waals surface area (Å²) in [5.74, 6) is 0.972. The first-order valence-corrected chi connectivity index (χ1v) is 7.22. The zero-order chi connectivity index (χ0) is 15.9. The van der Waals surface area contributed by atoms with Crippen LogP contribution in [0.25, 0.3) is 0 Å². The van der Waals surface area contributed by atoms with Gasteiger partial charge in [-0.3, -0.25) is 4.98 Å². The van der Waals surface area contributed by atoms with Crippen LogP contribution < -0.4 is 10.5 Å². The number of ether oxygens (including phenoxy) is 1. The number of hydrogen-bond acceptors (Lipinski definition) is 4. The van der Waals surface area contributed by atoms with E-state index in [0.29, 0.717) is 12.2 Å².